The highest BCUT2D eigenvalue weighted by Gasteiger charge is 2.21. The third-order valence-electron chi connectivity index (χ3n) is 4.27. The molecule has 2 aromatic heterocycles. The third kappa shape index (κ3) is 3.12. The fraction of sp³-hybridized carbons (Fsp3) is 0.294. The van der Waals surface area contributed by atoms with Gasteiger partial charge in [-0.05, 0) is 30.7 Å². The Hall–Kier alpha value is -2.74. The summed E-state index contributed by atoms with van der Waals surface area (Å²) in [6.07, 6.45) is 3.71. The number of hydrogen-bond donors (Lipinski definition) is 1. The van der Waals surface area contributed by atoms with Crippen molar-refractivity contribution < 1.29 is 9.59 Å². The van der Waals surface area contributed by atoms with E-state index in [9.17, 15) is 9.59 Å². The van der Waals surface area contributed by atoms with Crippen molar-refractivity contribution in [1.29, 1.82) is 0 Å². The molecule has 0 spiro atoms. The predicted octanol–water partition coefficient (Wildman–Crippen LogP) is 1.89. The van der Waals surface area contributed by atoms with Gasteiger partial charge in [0.05, 0.1) is 5.69 Å². The van der Waals surface area contributed by atoms with Crippen LogP contribution >= 0.6 is 11.3 Å². The highest BCUT2D eigenvalue weighted by Crippen LogP contribution is 2.21. The lowest BCUT2D eigenvalue weighted by Gasteiger charge is -2.15. The molecule has 8 heteroatoms. The van der Waals surface area contributed by atoms with Crippen LogP contribution in [0.1, 0.15) is 28.9 Å². The predicted molar refractivity (Wildman–Crippen MR) is 94.9 cm³/mol. The summed E-state index contributed by atoms with van der Waals surface area (Å²) in [5.41, 5.74) is 2.47. The summed E-state index contributed by atoms with van der Waals surface area (Å²) in [7, 11) is 0. The van der Waals surface area contributed by atoms with E-state index in [0.29, 0.717) is 24.9 Å². The maximum absolute atomic E-state index is 12.3. The molecular weight excluding hydrogens is 338 g/mol. The van der Waals surface area contributed by atoms with Crippen molar-refractivity contribution in [2.45, 2.75) is 19.3 Å². The second-order valence-electron chi connectivity index (χ2n) is 5.88. The van der Waals surface area contributed by atoms with E-state index in [4.69, 9.17) is 0 Å². The van der Waals surface area contributed by atoms with Gasteiger partial charge in [-0.1, -0.05) is 0 Å². The maximum Gasteiger partial charge on any atom is 0.251 e. The number of aromatic nitrogens is 3. The lowest BCUT2D eigenvalue weighted by Crippen LogP contribution is -2.26. The van der Waals surface area contributed by atoms with Crippen molar-refractivity contribution in [3.8, 4) is 0 Å². The summed E-state index contributed by atoms with van der Waals surface area (Å²) in [6, 6.07) is 7.18. The Balaban J connectivity index is 1.35. The first kappa shape index (κ1) is 15.8. The second-order valence-corrected chi connectivity index (χ2v) is 6.72. The summed E-state index contributed by atoms with van der Waals surface area (Å²) >= 11 is 1.53. The van der Waals surface area contributed by atoms with Gasteiger partial charge in [0.15, 0.2) is 0 Å². The molecule has 1 aromatic carbocycles. The van der Waals surface area contributed by atoms with Gasteiger partial charge in [-0.15, -0.1) is 11.3 Å². The molecule has 2 amide bonds. The number of carbonyl (C=O) groups excluding carboxylic acids is 2. The minimum absolute atomic E-state index is 0.121. The van der Waals surface area contributed by atoms with E-state index in [-0.39, 0.29) is 11.8 Å². The molecule has 25 heavy (non-hydrogen) atoms. The lowest BCUT2D eigenvalue weighted by atomic mass is 10.2. The number of amides is 2. The molecule has 0 unspecified atom stereocenters. The number of anilines is 1. The molecule has 0 saturated carbocycles. The molecule has 1 aliphatic rings. The number of hydrogen-bond acceptors (Lipinski definition) is 5. The van der Waals surface area contributed by atoms with Gasteiger partial charge < -0.3 is 10.2 Å². The van der Waals surface area contributed by atoms with Gasteiger partial charge in [0.1, 0.15) is 6.33 Å². The number of nitrogens with zero attached hydrogens (tertiary/aromatic N) is 4. The monoisotopic (exact) mass is 355 g/mol. The van der Waals surface area contributed by atoms with Crippen LogP contribution < -0.4 is 10.2 Å². The fourth-order valence-corrected chi connectivity index (χ4v) is 3.80. The van der Waals surface area contributed by atoms with E-state index in [1.54, 1.807) is 21.5 Å². The van der Waals surface area contributed by atoms with Crippen LogP contribution in [-0.2, 0) is 11.2 Å². The largest absolute Gasteiger partial charge is 0.352 e. The number of benzene rings is 1. The zero-order chi connectivity index (χ0) is 17.2. The number of fused-ring (bicyclic) bond motifs is 1. The van der Waals surface area contributed by atoms with Crippen molar-refractivity contribution in [1.82, 2.24) is 19.9 Å². The third-order valence-corrected chi connectivity index (χ3v) is 5.15. The van der Waals surface area contributed by atoms with Gasteiger partial charge in [0, 0.05) is 42.6 Å². The Morgan fingerprint density at radius 3 is 2.88 bits per heavy atom. The van der Waals surface area contributed by atoms with E-state index in [1.165, 1.54) is 17.7 Å². The van der Waals surface area contributed by atoms with Crippen molar-refractivity contribution >= 4 is 33.8 Å². The van der Waals surface area contributed by atoms with E-state index >= 15 is 0 Å². The molecule has 0 aliphatic carbocycles. The van der Waals surface area contributed by atoms with Gasteiger partial charge >= 0.3 is 0 Å². The molecule has 4 rings (SSSR count). The zero-order valence-electron chi connectivity index (χ0n) is 13.5. The van der Waals surface area contributed by atoms with Crippen LogP contribution in [-0.4, -0.2) is 39.5 Å². The topological polar surface area (TPSA) is 79.6 Å². The summed E-state index contributed by atoms with van der Waals surface area (Å²) in [6.45, 7) is 1.28. The van der Waals surface area contributed by atoms with Crippen LogP contribution in [0.5, 0.6) is 0 Å². The fourth-order valence-electron chi connectivity index (χ4n) is 2.96. The Morgan fingerprint density at radius 1 is 1.28 bits per heavy atom. The molecule has 3 aromatic rings. The molecule has 0 atom stereocenters. The highest BCUT2D eigenvalue weighted by atomic mass is 32.1. The molecule has 1 N–H and O–H groups in total. The van der Waals surface area contributed by atoms with Crippen molar-refractivity contribution in [2.24, 2.45) is 0 Å². The zero-order valence-corrected chi connectivity index (χ0v) is 14.3. The summed E-state index contributed by atoms with van der Waals surface area (Å²) in [4.78, 5) is 30.8. The average Bonchev–Trinajstić information content (AvgIpc) is 3.33. The molecule has 0 radical (unpaired) electrons. The van der Waals surface area contributed by atoms with Crippen LogP contribution in [0.15, 0.2) is 36.0 Å². The Labute approximate surface area is 148 Å². The normalized spacial score (nSPS) is 14.4. The molecule has 0 bridgehead atoms. The van der Waals surface area contributed by atoms with Gasteiger partial charge in [-0.25, -0.2) is 9.50 Å². The van der Waals surface area contributed by atoms with Crippen LogP contribution in [0, 0.1) is 0 Å². The molecule has 1 aliphatic heterocycles. The Bertz CT molecular complexity index is 915. The van der Waals surface area contributed by atoms with Crippen molar-refractivity contribution in [3.63, 3.8) is 0 Å². The molecular formula is C17H17N5O2S. The summed E-state index contributed by atoms with van der Waals surface area (Å²) in [5.74, 6) is 0.0248. The minimum atomic E-state index is -0.121. The standard InChI is InChI=1S/C17H17N5O2S/c23-15-2-1-9-21(15)13-5-3-12(4-6-13)16(24)18-8-7-14-10-25-17-19-11-20-22(14)17/h3-6,10-11H,1-2,7-9H2,(H,18,24). The van der Waals surface area contributed by atoms with E-state index < -0.39 is 0 Å². The van der Waals surface area contributed by atoms with Crippen LogP contribution in [0.3, 0.4) is 0 Å². The van der Waals surface area contributed by atoms with Gasteiger partial charge in [-0.2, -0.15) is 5.10 Å². The van der Waals surface area contributed by atoms with E-state index in [1.807, 2.05) is 17.5 Å². The van der Waals surface area contributed by atoms with E-state index in [2.05, 4.69) is 15.4 Å². The summed E-state index contributed by atoms with van der Waals surface area (Å²) in [5, 5.41) is 9.08. The SMILES string of the molecule is O=C(NCCc1csc2ncnn12)c1ccc(N2CCCC2=O)cc1. The van der Waals surface area contributed by atoms with Gasteiger partial charge in [0.2, 0.25) is 10.9 Å². The van der Waals surface area contributed by atoms with Gasteiger partial charge in [-0.3, -0.25) is 9.59 Å². The van der Waals surface area contributed by atoms with Crippen LogP contribution in [0.2, 0.25) is 0 Å². The second kappa shape index (κ2) is 6.64. The summed E-state index contributed by atoms with van der Waals surface area (Å²) < 4.78 is 1.79. The average molecular weight is 355 g/mol. The molecule has 3 heterocycles. The number of nitrogens with one attached hydrogen (secondary N) is 1. The minimum Gasteiger partial charge on any atom is -0.352 e. The smallest absolute Gasteiger partial charge is 0.251 e. The molecule has 1 fully saturated rings. The maximum atomic E-state index is 12.3. The first-order chi connectivity index (χ1) is 12.2. The van der Waals surface area contributed by atoms with Crippen molar-refractivity contribution in [2.75, 3.05) is 18.0 Å². The Morgan fingerprint density at radius 2 is 2.12 bits per heavy atom. The number of thiazole rings is 1. The molecule has 128 valence electrons. The highest BCUT2D eigenvalue weighted by molar-refractivity contribution is 7.15. The molecule has 7 nitrogen and oxygen atoms in total. The van der Waals surface area contributed by atoms with Crippen LogP contribution in [0.4, 0.5) is 5.69 Å². The number of carbonyl (C=O) groups is 2. The molecule has 1 saturated heterocycles. The first-order valence-corrected chi connectivity index (χ1v) is 9.05. The quantitative estimate of drug-likeness (QED) is 0.758. The van der Waals surface area contributed by atoms with Crippen LogP contribution in [0.25, 0.3) is 4.96 Å². The van der Waals surface area contributed by atoms with Crippen molar-refractivity contribution in [3.05, 3.63) is 47.2 Å². The van der Waals surface area contributed by atoms with Gasteiger partial charge in [0.25, 0.3) is 5.91 Å². The number of rotatable bonds is 5. The van der Waals surface area contributed by atoms with E-state index in [0.717, 1.165) is 29.3 Å². The first-order valence-electron chi connectivity index (χ1n) is 8.17. The lowest BCUT2D eigenvalue weighted by molar-refractivity contribution is -0.117. The Kier molecular flexibility index (Phi) is 4.19.